The van der Waals surface area contributed by atoms with Crippen molar-refractivity contribution in [2.75, 3.05) is 13.1 Å². The summed E-state index contributed by atoms with van der Waals surface area (Å²) in [6.07, 6.45) is 2.51. The van der Waals surface area contributed by atoms with E-state index in [2.05, 4.69) is 10.4 Å². The minimum absolute atomic E-state index is 0. The minimum atomic E-state index is -0.230. The number of nitrogens with two attached hydrogens (primary N) is 1. The summed E-state index contributed by atoms with van der Waals surface area (Å²) in [5.74, 6) is -0.163. The summed E-state index contributed by atoms with van der Waals surface area (Å²) in [6.45, 7) is 7.18. The summed E-state index contributed by atoms with van der Waals surface area (Å²) >= 11 is 6.29. The van der Waals surface area contributed by atoms with Gasteiger partial charge in [0, 0.05) is 18.3 Å². The van der Waals surface area contributed by atoms with E-state index in [0.29, 0.717) is 29.4 Å². The van der Waals surface area contributed by atoms with Crippen LogP contribution in [0.5, 0.6) is 0 Å². The van der Waals surface area contributed by atoms with Crippen molar-refractivity contribution in [1.29, 1.82) is 0 Å². The first-order valence-corrected chi connectivity index (χ1v) is 8.05. The van der Waals surface area contributed by atoms with Gasteiger partial charge >= 0.3 is 0 Å². The van der Waals surface area contributed by atoms with Crippen molar-refractivity contribution in [3.05, 3.63) is 41.0 Å². The molecule has 1 aromatic carbocycles. The first-order valence-electron chi connectivity index (χ1n) is 7.68. The molecular weight excluding hydrogens is 347 g/mol. The molecule has 0 saturated heterocycles. The lowest BCUT2D eigenvalue weighted by Crippen LogP contribution is -2.26. The van der Waals surface area contributed by atoms with Crippen LogP contribution in [-0.4, -0.2) is 28.8 Å². The molecule has 1 heterocycles. The number of nitrogens with one attached hydrogen (secondary N) is 1. The Balaban J connectivity index is 0.00000288. The Morgan fingerprint density at radius 1 is 1.33 bits per heavy atom. The van der Waals surface area contributed by atoms with Crippen molar-refractivity contribution < 1.29 is 4.79 Å². The third-order valence-corrected chi connectivity index (χ3v) is 3.77. The van der Waals surface area contributed by atoms with Gasteiger partial charge in [0.25, 0.3) is 5.91 Å². The number of aromatic nitrogens is 2. The highest BCUT2D eigenvalue weighted by atomic mass is 35.5. The molecule has 0 aliphatic heterocycles. The average molecular weight is 371 g/mol. The predicted octanol–water partition coefficient (Wildman–Crippen LogP) is 3.46. The number of carbonyl (C=O) groups is 1. The molecule has 0 unspecified atom stereocenters. The van der Waals surface area contributed by atoms with Crippen molar-refractivity contribution in [3.63, 3.8) is 0 Å². The van der Waals surface area contributed by atoms with Crippen molar-refractivity contribution >= 4 is 29.9 Å². The first-order chi connectivity index (χ1) is 10.8. The van der Waals surface area contributed by atoms with Crippen molar-refractivity contribution in [3.8, 4) is 11.3 Å². The lowest BCUT2D eigenvalue weighted by Gasteiger charge is -2.18. The van der Waals surface area contributed by atoms with E-state index in [0.717, 1.165) is 12.0 Å². The molecular formula is C17H24Cl2N4O. The molecule has 24 heavy (non-hydrogen) atoms. The average Bonchev–Trinajstić information content (AvgIpc) is 2.93. The zero-order valence-electron chi connectivity index (χ0n) is 14.2. The van der Waals surface area contributed by atoms with Gasteiger partial charge in [0.1, 0.15) is 5.69 Å². The Morgan fingerprint density at radius 2 is 2.00 bits per heavy atom. The predicted molar refractivity (Wildman–Crippen MR) is 101 cm³/mol. The fourth-order valence-corrected chi connectivity index (χ4v) is 2.36. The van der Waals surface area contributed by atoms with Crippen molar-refractivity contribution in [1.82, 2.24) is 15.1 Å². The molecule has 0 aliphatic carbocycles. The normalized spacial score (nSPS) is 11.0. The molecule has 3 N–H and O–H groups in total. The van der Waals surface area contributed by atoms with Crippen LogP contribution >= 0.6 is 24.0 Å². The van der Waals surface area contributed by atoms with Crippen LogP contribution in [0.1, 0.15) is 37.6 Å². The maximum Gasteiger partial charge on any atom is 0.255 e. The molecule has 2 rings (SSSR count). The molecule has 0 saturated carbocycles. The number of hydrogen-bond donors (Lipinski definition) is 2. The molecule has 0 aliphatic rings. The van der Waals surface area contributed by atoms with Crippen LogP contribution in [0, 0.1) is 0 Å². The molecule has 1 aromatic heterocycles. The number of carbonyl (C=O) groups excluding carboxylic acids is 1. The van der Waals surface area contributed by atoms with E-state index in [-0.39, 0.29) is 23.9 Å². The van der Waals surface area contributed by atoms with Gasteiger partial charge in [-0.25, -0.2) is 0 Å². The maximum absolute atomic E-state index is 12.5. The summed E-state index contributed by atoms with van der Waals surface area (Å²) in [4.78, 5) is 12.5. The van der Waals surface area contributed by atoms with E-state index in [1.54, 1.807) is 16.9 Å². The highest BCUT2D eigenvalue weighted by Gasteiger charge is 2.23. The Labute approximate surface area is 154 Å². The summed E-state index contributed by atoms with van der Waals surface area (Å²) in [5, 5.41) is 8.06. The molecule has 2 aromatic rings. The second-order valence-electron chi connectivity index (χ2n) is 6.38. The minimum Gasteiger partial charge on any atom is -0.352 e. The molecule has 1 amide bonds. The zero-order chi connectivity index (χ0) is 17.0. The fraction of sp³-hybridized carbons (Fsp3) is 0.412. The number of hydrogen-bond acceptors (Lipinski definition) is 3. The van der Waals surface area contributed by atoms with Gasteiger partial charge in [0.15, 0.2) is 0 Å². The van der Waals surface area contributed by atoms with Gasteiger partial charge in [-0.15, -0.1) is 12.4 Å². The lowest BCUT2D eigenvalue weighted by atomic mass is 10.1. The Hall–Kier alpha value is -1.56. The summed E-state index contributed by atoms with van der Waals surface area (Å²) < 4.78 is 1.80. The van der Waals surface area contributed by atoms with E-state index in [1.807, 2.05) is 39.0 Å². The summed E-state index contributed by atoms with van der Waals surface area (Å²) in [5.41, 5.74) is 7.10. The number of amides is 1. The van der Waals surface area contributed by atoms with Gasteiger partial charge < -0.3 is 11.1 Å². The Kier molecular flexibility index (Phi) is 7.27. The van der Waals surface area contributed by atoms with Crippen LogP contribution in [0.3, 0.4) is 0 Å². The van der Waals surface area contributed by atoms with E-state index in [9.17, 15) is 4.79 Å². The molecule has 7 heteroatoms. The molecule has 132 valence electrons. The standard InChI is InChI=1S/C17H23ClN4O.ClH/c1-17(2,3)22-11-13(16(23)20-10-6-9-19)15(21-22)12-7-4-5-8-14(12)18;/h4-5,7-8,11H,6,9-10,19H2,1-3H3,(H,20,23);1H. The van der Waals surface area contributed by atoms with Crippen LogP contribution in [0.2, 0.25) is 5.02 Å². The topological polar surface area (TPSA) is 72.9 Å². The fourth-order valence-electron chi connectivity index (χ4n) is 2.14. The van der Waals surface area contributed by atoms with Gasteiger partial charge in [-0.2, -0.15) is 5.10 Å². The third kappa shape index (κ3) is 4.72. The summed E-state index contributed by atoms with van der Waals surface area (Å²) in [7, 11) is 0. The van der Waals surface area contributed by atoms with Crippen LogP contribution in [0.4, 0.5) is 0 Å². The number of halogens is 2. The molecule has 0 radical (unpaired) electrons. The Bertz CT molecular complexity index is 692. The second-order valence-corrected chi connectivity index (χ2v) is 6.79. The molecule has 0 bridgehead atoms. The largest absolute Gasteiger partial charge is 0.352 e. The van der Waals surface area contributed by atoms with E-state index < -0.39 is 0 Å². The summed E-state index contributed by atoms with van der Waals surface area (Å²) in [6, 6.07) is 7.40. The number of nitrogens with zero attached hydrogens (tertiary/aromatic N) is 2. The molecule has 0 spiro atoms. The van der Waals surface area contributed by atoms with Crippen LogP contribution in [-0.2, 0) is 5.54 Å². The smallest absolute Gasteiger partial charge is 0.255 e. The van der Waals surface area contributed by atoms with Gasteiger partial charge in [0.05, 0.1) is 16.1 Å². The highest BCUT2D eigenvalue weighted by molar-refractivity contribution is 6.33. The van der Waals surface area contributed by atoms with E-state index in [1.165, 1.54) is 0 Å². The van der Waals surface area contributed by atoms with Crippen LogP contribution < -0.4 is 11.1 Å². The van der Waals surface area contributed by atoms with Gasteiger partial charge in [0.2, 0.25) is 0 Å². The van der Waals surface area contributed by atoms with Crippen molar-refractivity contribution in [2.24, 2.45) is 5.73 Å². The number of rotatable bonds is 5. The molecule has 5 nitrogen and oxygen atoms in total. The SMILES string of the molecule is CC(C)(C)n1cc(C(=O)NCCCN)c(-c2ccccc2Cl)n1.Cl. The van der Waals surface area contributed by atoms with Gasteiger partial charge in [-0.3, -0.25) is 9.48 Å². The lowest BCUT2D eigenvalue weighted by molar-refractivity contribution is 0.0954. The molecule has 0 atom stereocenters. The van der Waals surface area contributed by atoms with Crippen molar-refractivity contribution in [2.45, 2.75) is 32.7 Å². The quantitative estimate of drug-likeness (QED) is 0.791. The Morgan fingerprint density at radius 3 is 2.58 bits per heavy atom. The van der Waals surface area contributed by atoms with Gasteiger partial charge in [-0.1, -0.05) is 29.8 Å². The van der Waals surface area contributed by atoms with E-state index >= 15 is 0 Å². The van der Waals surface area contributed by atoms with Crippen LogP contribution in [0.15, 0.2) is 30.5 Å². The zero-order valence-corrected chi connectivity index (χ0v) is 15.7. The van der Waals surface area contributed by atoms with Gasteiger partial charge in [-0.05, 0) is 39.8 Å². The number of benzene rings is 1. The maximum atomic E-state index is 12.5. The second kappa shape index (κ2) is 8.51. The molecule has 0 fully saturated rings. The monoisotopic (exact) mass is 370 g/mol. The highest BCUT2D eigenvalue weighted by Crippen LogP contribution is 2.30. The third-order valence-electron chi connectivity index (χ3n) is 3.44. The first kappa shape index (κ1) is 20.5. The van der Waals surface area contributed by atoms with Crippen LogP contribution in [0.25, 0.3) is 11.3 Å². The van der Waals surface area contributed by atoms with E-state index in [4.69, 9.17) is 17.3 Å².